The van der Waals surface area contributed by atoms with Crippen molar-refractivity contribution < 1.29 is 28.5 Å². The minimum atomic E-state index is -0.635. The summed E-state index contributed by atoms with van der Waals surface area (Å²) in [6.07, 6.45) is 0. The van der Waals surface area contributed by atoms with Crippen LogP contribution in [0.2, 0.25) is 10.0 Å². The van der Waals surface area contributed by atoms with Crippen molar-refractivity contribution >= 4 is 29.2 Å². The number of hydrogen-bond acceptors (Lipinski definition) is 8. The van der Waals surface area contributed by atoms with Crippen LogP contribution in [0, 0.1) is 11.3 Å². The minimum Gasteiger partial charge on any atom is -0.490 e. The van der Waals surface area contributed by atoms with Gasteiger partial charge in [0.1, 0.15) is 35.5 Å². The number of ether oxygens (including phenoxy) is 5. The summed E-state index contributed by atoms with van der Waals surface area (Å²) in [5, 5.41) is 11.0. The number of rotatable bonds is 10. The second kappa shape index (κ2) is 13.4. The topological polar surface area (TPSA) is 113 Å². The number of halogens is 2. The van der Waals surface area contributed by atoms with Crippen LogP contribution in [0.1, 0.15) is 29.5 Å². The smallest absolute Gasteiger partial charge is 0.349 e. The molecule has 0 amide bonds. The molecule has 0 aromatic heterocycles. The lowest BCUT2D eigenvalue weighted by atomic mass is 9.83. The van der Waals surface area contributed by atoms with E-state index in [1.54, 1.807) is 60.7 Å². The molecule has 0 saturated heterocycles. The number of allylic oxidation sites excluding steroid dienone is 1. The summed E-state index contributed by atoms with van der Waals surface area (Å²) in [5.74, 6) is 0.750. The molecule has 1 atom stereocenters. The Bertz CT molecular complexity index is 1720. The van der Waals surface area contributed by atoms with Gasteiger partial charge in [-0.2, -0.15) is 5.26 Å². The van der Waals surface area contributed by atoms with Crippen LogP contribution >= 0.6 is 23.2 Å². The largest absolute Gasteiger partial charge is 0.490 e. The molecule has 5 rings (SSSR count). The molecule has 0 fully saturated rings. The molecule has 0 radical (unpaired) electrons. The van der Waals surface area contributed by atoms with E-state index in [0.29, 0.717) is 51.8 Å². The highest BCUT2D eigenvalue weighted by atomic mass is 35.5. The molecule has 4 aromatic rings. The van der Waals surface area contributed by atoms with Gasteiger partial charge in [0.2, 0.25) is 5.88 Å². The lowest BCUT2D eigenvalue weighted by molar-refractivity contribution is -0.136. The Balaban J connectivity index is 1.37. The van der Waals surface area contributed by atoms with Gasteiger partial charge in [0, 0.05) is 16.7 Å². The van der Waals surface area contributed by atoms with Crippen LogP contribution in [0.25, 0.3) is 0 Å². The van der Waals surface area contributed by atoms with Crippen molar-refractivity contribution in [1.82, 2.24) is 0 Å². The Kier molecular flexibility index (Phi) is 9.26. The van der Waals surface area contributed by atoms with Crippen LogP contribution in [-0.4, -0.2) is 19.2 Å². The predicted octanol–water partition coefficient (Wildman–Crippen LogP) is 7.17. The standard InChI is InChI=1S/C33H26Cl2N2O6/c1-2-39-30-15-21(9-14-28(30)40-18-20-7-10-22(34)11-8-20)32-24-13-12-23(16-29(24)43-33(37)25(32)17-36)42-31(38)19-41-27-6-4-3-5-26(27)35/h3-16,32H,2,18-19,37H2,1H3. The fourth-order valence-electron chi connectivity index (χ4n) is 4.53. The van der Waals surface area contributed by atoms with E-state index in [2.05, 4.69) is 6.07 Å². The highest BCUT2D eigenvalue weighted by molar-refractivity contribution is 6.32. The molecule has 1 aliphatic heterocycles. The van der Waals surface area contributed by atoms with E-state index in [1.807, 2.05) is 31.2 Å². The number of hydrogen-bond donors (Lipinski definition) is 1. The average Bonchev–Trinajstić information content (AvgIpc) is 3.00. The van der Waals surface area contributed by atoms with Gasteiger partial charge in [-0.3, -0.25) is 0 Å². The number of para-hydroxylation sites is 1. The normalized spacial score (nSPS) is 13.8. The number of nitrogens with two attached hydrogens (primary N) is 1. The van der Waals surface area contributed by atoms with Crippen LogP contribution < -0.4 is 29.4 Å². The zero-order valence-corrected chi connectivity index (χ0v) is 24.5. The van der Waals surface area contributed by atoms with Gasteiger partial charge in [0.25, 0.3) is 0 Å². The summed E-state index contributed by atoms with van der Waals surface area (Å²) in [5.41, 5.74) is 8.78. The summed E-state index contributed by atoms with van der Waals surface area (Å²) in [6, 6.07) is 26.7. The molecule has 10 heteroatoms. The summed E-state index contributed by atoms with van der Waals surface area (Å²) < 4.78 is 28.6. The first-order valence-electron chi connectivity index (χ1n) is 13.3. The van der Waals surface area contributed by atoms with Gasteiger partial charge in [-0.1, -0.05) is 59.6 Å². The number of nitriles is 1. The number of benzene rings is 4. The molecule has 0 saturated carbocycles. The molecule has 43 heavy (non-hydrogen) atoms. The van der Waals surface area contributed by atoms with Gasteiger partial charge in [-0.25, -0.2) is 4.79 Å². The molecule has 4 aromatic carbocycles. The van der Waals surface area contributed by atoms with E-state index in [4.69, 9.17) is 52.6 Å². The Hall–Kier alpha value is -4.84. The van der Waals surface area contributed by atoms with E-state index in [-0.39, 0.29) is 23.8 Å². The monoisotopic (exact) mass is 616 g/mol. The zero-order valence-electron chi connectivity index (χ0n) is 23.0. The Labute approximate surface area is 258 Å². The fourth-order valence-corrected chi connectivity index (χ4v) is 4.85. The van der Waals surface area contributed by atoms with Gasteiger partial charge >= 0.3 is 5.97 Å². The molecule has 218 valence electrons. The molecule has 1 unspecified atom stereocenters. The van der Waals surface area contributed by atoms with Crippen molar-refractivity contribution in [3.8, 4) is 34.8 Å². The summed E-state index contributed by atoms with van der Waals surface area (Å²) in [6.45, 7) is 2.25. The van der Waals surface area contributed by atoms with Crippen molar-refractivity contribution in [2.24, 2.45) is 5.73 Å². The molecule has 0 spiro atoms. The van der Waals surface area contributed by atoms with E-state index in [0.717, 1.165) is 11.1 Å². The lowest BCUT2D eigenvalue weighted by Crippen LogP contribution is -2.22. The fraction of sp³-hybridized carbons (Fsp3) is 0.152. The number of carbonyl (C=O) groups excluding carboxylic acids is 1. The first-order valence-corrected chi connectivity index (χ1v) is 14.1. The van der Waals surface area contributed by atoms with Gasteiger partial charge in [-0.05, 0) is 60.5 Å². The van der Waals surface area contributed by atoms with E-state index >= 15 is 0 Å². The molecular formula is C33H26Cl2N2O6. The third kappa shape index (κ3) is 6.97. The Morgan fingerprint density at radius 2 is 1.72 bits per heavy atom. The molecule has 1 aliphatic rings. The van der Waals surface area contributed by atoms with Crippen molar-refractivity contribution in [3.63, 3.8) is 0 Å². The predicted molar refractivity (Wildman–Crippen MR) is 162 cm³/mol. The molecule has 1 heterocycles. The Morgan fingerprint density at radius 1 is 0.930 bits per heavy atom. The molecule has 8 nitrogen and oxygen atoms in total. The second-order valence-corrected chi connectivity index (χ2v) is 10.2. The van der Waals surface area contributed by atoms with Gasteiger partial charge in [-0.15, -0.1) is 0 Å². The number of fused-ring (bicyclic) bond motifs is 1. The second-order valence-electron chi connectivity index (χ2n) is 9.37. The van der Waals surface area contributed by atoms with E-state index < -0.39 is 11.9 Å². The number of nitrogens with zero attached hydrogens (tertiary/aromatic N) is 1. The van der Waals surface area contributed by atoms with Crippen molar-refractivity contribution in [2.75, 3.05) is 13.2 Å². The van der Waals surface area contributed by atoms with Crippen molar-refractivity contribution in [3.05, 3.63) is 123 Å². The summed E-state index contributed by atoms with van der Waals surface area (Å²) in [7, 11) is 0. The van der Waals surface area contributed by atoms with Crippen LogP contribution in [-0.2, 0) is 11.4 Å². The van der Waals surface area contributed by atoms with Gasteiger partial charge < -0.3 is 29.4 Å². The molecular weight excluding hydrogens is 591 g/mol. The third-order valence-electron chi connectivity index (χ3n) is 6.51. The first kappa shape index (κ1) is 29.6. The maximum Gasteiger partial charge on any atom is 0.349 e. The minimum absolute atomic E-state index is 0.0495. The maximum absolute atomic E-state index is 12.5. The molecule has 0 bridgehead atoms. The maximum atomic E-state index is 12.5. The lowest BCUT2D eigenvalue weighted by Gasteiger charge is -2.27. The van der Waals surface area contributed by atoms with Crippen molar-refractivity contribution in [2.45, 2.75) is 19.4 Å². The molecule has 2 N–H and O–H groups in total. The quantitative estimate of drug-likeness (QED) is 0.147. The SMILES string of the molecule is CCOc1cc(C2C(C#N)=C(N)Oc3cc(OC(=O)COc4ccccc4Cl)ccc32)ccc1OCc1ccc(Cl)cc1. The Morgan fingerprint density at radius 3 is 2.47 bits per heavy atom. The third-order valence-corrected chi connectivity index (χ3v) is 7.08. The van der Waals surface area contributed by atoms with Crippen LogP contribution in [0.4, 0.5) is 0 Å². The number of carbonyl (C=O) groups is 1. The van der Waals surface area contributed by atoms with Gasteiger partial charge in [0.15, 0.2) is 18.1 Å². The van der Waals surface area contributed by atoms with Crippen LogP contribution in [0.5, 0.6) is 28.7 Å². The van der Waals surface area contributed by atoms with Crippen LogP contribution in [0.15, 0.2) is 96.4 Å². The summed E-state index contributed by atoms with van der Waals surface area (Å²) >= 11 is 12.1. The van der Waals surface area contributed by atoms with Crippen LogP contribution in [0.3, 0.4) is 0 Å². The van der Waals surface area contributed by atoms with E-state index in [9.17, 15) is 10.1 Å². The average molecular weight is 617 g/mol. The van der Waals surface area contributed by atoms with Crippen molar-refractivity contribution in [1.29, 1.82) is 5.26 Å². The molecule has 0 aliphatic carbocycles. The highest BCUT2D eigenvalue weighted by Crippen LogP contribution is 2.45. The zero-order chi connectivity index (χ0) is 30.3. The van der Waals surface area contributed by atoms with E-state index in [1.165, 1.54) is 0 Å². The first-order chi connectivity index (χ1) is 20.9. The number of esters is 1. The summed E-state index contributed by atoms with van der Waals surface area (Å²) in [4.78, 5) is 12.5. The van der Waals surface area contributed by atoms with Gasteiger partial charge in [0.05, 0.1) is 17.5 Å². The highest BCUT2D eigenvalue weighted by Gasteiger charge is 2.32.